The second kappa shape index (κ2) is 4.31. The summed E-state index contributed by atoms with van der Waals surface area (Å²) in [6, 6.07) is 10.2. The van der Waals surface area contributed by atoms with Crippen LogP contribution in [0, 0.1) is 0 Å². The molecule has 1 aromatic heterocycles. The van der Waals surface area contributed by atoms with Crippen LogP contribution in [0.4, 0.5) is 0 Å². The van der Waals surface area contributed by atoms with Crippen LogP contribution in [-0.2, 0) is 0 Å². The molecule has 3 N–H and O–H groups in total. The Bertz CT molecular complexity index is 494. The van der Waals surface area contributed by atoms with Crippen molar-refractivity contribution in [1.29, 1.82) is 0 Å². The molecule has 4 nitrogen and oxygen atoms in total. The van der Waals surface area contributed by atoms with Crippen molar-refractivity contribution in [1.82, 2.24) is 15.3 Å². The summed E-state index contributed by atoms with van der Waals surface area (Å²) >= 11 is 0. The highest BCUT2D eigenvalue weighted by Crippen LogP contribution is 2.23. The fraction of sp³-hybridized carbons (Fsp3) is 0.308. The van der Waals surface area contributed by atoms with E-state index in [-0.39, 0.29) is 12.1 Å². The molecule has 1 saturated heterocycles. The van der Waals surface area contributed by atoms with Gasteiger partial charge in [0.15, 0.2) is 0 Å². The van der Waals surface area contributed by atoms with E-state index in [1.807, 2.05) is 36.5 Å². The highest BCUT2D eigenvalue weighted by Gasteiger charge is 2.25. The van der Waals surface area contributed by atoms with Crippen LogP contribution in [0.2, 0.25) is 0 Å². The van der Waals surface area contributed by atoms with Gasteiger partial charge >= 0.3 is 0 Å². The maximum absolute atomic E-state index is 9.48. The van der Waals surface area contributed by atoms with Gasteiger partial charge in [0.05, 0.1) is 17.8 Å². The molecule has 0 unspecified atom stereocenters. The quantitative estimate of drug-likeness (QED) is 0.731. The van der Waals surface area contributed by atoms with Crippen LogP contribution in [0.15, 0.2) is 36.5 Å². The monoisotopic (exact) mass is 229 g/mol. The molecule has 2 heterocycles. The minimum atomic E-state index is -0.259. The Morgan fingerprint density at radius 1 is 1.24 bits per heavy atom. The number of aliphatic hydroxyl groups excluding tert-OH is 1. The first-order chi connectivity index (χ1) is 8.33. The summed E-state index contributed by atoms with van der Waals surface area (Å²) in [6.07, 6.45) is 2.38. The van der Waals surface area contributed by atoms with Gasteiger partial charge in [0.2, 0.25) is 0 Å². The number of H-pyrrole nitrogens is 1. The van der Waals surface area contributed by atoms with Crippen molar-refractivity contribution in [3.05, 3.63) is 42.4 Å². The van der Waals surface area contributed by atoms with E-state index >= 15 is 0 Å². The van der Waals surface area contributed by atoms with Crippen molar-refractivity contribution < 1.29 is 5.11 Å². The topological polar surface area (TPSA) is 60.9 Å². The third kappa shape index (κ3) is 2.09. The fourth-order valence-corrected chi connectivity index (χ4v) is 2.20. The molecule has 2 atom stereocenters. The Morgan fingerprint density at radius 2 is 2.06 bits per heavy atom. The van der Waals surface area contributed by atoms with Crippen LogP contribution >= 0.6 is 0 Å². The number of nitrogens with zero attached hydrogens (tertiary/aromatic N) is 1. The second-order valence-corrected chi connectivity index (χ2v) is 4.39. The first-order valence-electron chi connectivity index (χ1n) is 5.85. The predicted molar refractivity (Wildman–Crippen MR) is 65.4 cm³/mol. The predicted octanol–water partition coefficient (Wildman–Crippen LogP) is 1.47. The number of hydrogen-bond donors (Lipinski definition) is 3. The summed E-state index contributed by atoms with van der Waals surface area (Å²) in [5, 5.41) is 12.7. The maximum Gasteiger partial charge on any atom is 0.124 e. The van der Waals surface area contributed by atoms with Gasteiger partial charge in [-0.25, -0.2) is 4.98 Å². The Labute approximate surface area is 99.7 Å². The van der Waals surface area contributed by atoms with Gasteiger partial charge < -0.3 is 15.4 Å². The first kappa shape index (κ1) is 10.5. The highest BCUT2D eigenvalue weighted by molar-refractivity contribution is 5.58. The van der Waals surface area contributed by atoms with E-state index in [4.69, 9.17) is 0 Å². The van der Waals surface area contributed by atoms with E-state index in [0.717, 1.165) is 23.5 Å². The number of imidazole rings is 1. The van der Waals surface area contributed by atoms with E-state index in [9.17, 15) is 5.11 Å². The standard InChI is InChI=1S/C13H15N3O/c17-10-6-11(14-7-10)13-15-8-12(16-13)9-4-2-1-3-5-9/h1-5,8,10-11,14,17H,6-7H2,(H,15,16)/t10-,11+/m1/s1. The molecule has 17 heavy (non-hydrogen) atoms. The molecule has 0 saturated carbocycles. The molecule has 2 aromatic rings. The summed E-state index contributed by atoms with van der Waals surface area (Å²) in [5.41, 5.74) is 2.05. The molecule has 4 heteroatoms. The number of aromatic amines is 1. The first-order valence-corrected chi connectivity index (χ1v) is 5.85. The number of rotatable bonds is 2. The van der Waals surface area contributed by atoms with Crippen molar-refractivity contribution in [2.75, 3.05) is 6.54 Å². The van der Waals surface area contributed by atoms with Crippen molar-refractivity contribution >= 4 is 0 Å². The van der Waals surface area contributed by atoms with Crippen molar-refractivity contribution in [3.63, 3.8) is 0 Å². The van der Waals surface area contributed by atoms with Gasteiger partial charge in [0.25, 0.3) is 0 Å². The molecule has 0 radical (unpaired) electrons. The SMILES string of the molecule is O[C@H]1CN[C@H](c2nc(-c3ccccc3)c[nH]2)C1. The van der Waals surface area contributed by atoms with Crippen molar-refractivity contribution in [3.8, 4) is 11.3 Å². The van der Waals surface area contributed by atoms with Crippen LogP contribution in [0.25, 0.3) is 11.3 Å². The lowest BCUT2D eigenvalue weighted by Crippen LogP contribution is -2.15. The number of benzene rings is 1. The number of β-amino-alcohol motifs (C(OH)–C–C–N with tert-alkyl or cyclic N) is 1. The Hall–Kier alpha value is -1.65. The number of aromatic nitrogens is 2. The van der Waals surface area contributed by atoms with E-state index in [1.54, 1.807) is 0 Å². The summed E-state index contributed by atoms with van der Waals surface area (Å²) in [7, 11) is 0. The average molecular weight is 229 g/mol. The lowest BCUT2D eigenvalue weighted by molar-refractivity contribution is 0.193. The average Bonchev–Trinajstić information content (AvgIpc) is 2.98. The van der Waals surface area contributed by atoms with Crippen LogP contribution < -0.4 is 5.32 Å². The maximum atomic E-state index is 9.48. The molecule has 0 amide bonds. The third-order valence-electron chi connectivity index (χ3n) is 3.10. The molecule has 1 aliphatic rings. The zero-order valence-electron chi connectivity index (χ0n) is 9.43. The molecule has 0 aliphatic carbocycles. The lowest BCUT2D eigenvalue weighted by atomic mass is 10.2. The number of hydrogen-bond acceptors (Lipinski definition) is 3. The van der Waals surface area contributed by atoms with E-state index in [0.29, 0.717) is 6.54 Å². The van der Waals surface area contributed by atoms with Gasteiger partial charge in [-0.15, -0.1) is 0 Å². The van der Waals surface area contributed by atoms with E-state index in [1.165, 1.54) is 0 Å². The zero-order chi connectivity index (χ0) is 11.7. The van der Waals surface area contributed by atoms with Crippen LogP contribution in [0.3, 0.4) is 0 Å². The van der Waals surface area contributed by atoms with Gasteiger partial charge in [-0.3, -0.25) is 0 Å². The van der Waals surface area contributed by atoms with E-state index < -0.39 is 0 Å². The molecule has 3 rings (SSSR count). The smallest absolute Gasteiger partial charge is 0.124 e. The molecule has 1 aromatic carbocycles. The lowest BCUT2D eigenvalue weighted by Gasteiger charge is -2.04. The zero-order valence-corrected chi connectivity index (χ0v) is 9.43. The minimum absolute atomic E-state index is 0.141. The van der Waals surface area contributed by atoms with Gasteiger partial charge in [-0.05, 0) is 6.42 Å². The van der Waals surface area contributed by atoms with Crippen LogP contribution in [0.5, 0.6) is 0 Å². The molecule has 1 aliphatic heterocycles. The van der Waals surface area contributed by atoms with Crippen molar-refractivity contribution in [2.24, 2.45) is 0 Å². The van der Waals surface area contributed by atoms with Gasteiger partial charge in [0.1, 0.15) is 5.82 Å². The molecule has 0 bridgehead atoms. The Morgan fingerprint density at radius 3 is 2.76 bits per heavy atom. The minimum Gasteiger partial charge on any atom is -0.392 e. The summed E-state index contributed by atoms with van der Waals surface area (Å²) in [5.74, 6) is 0.903. The molecule has 0 spiro atoms. The third-order valence-corrected chi connectivity index (χ3v) is 3.10. The molecule has 88 valence electrons. The van der Waals surface area contributed by atoms with Gasteiger partial charge in [-0.2, -0.15) is 0 Å². The highest BCUT2D eigenvalue weighted by atomic mass is 16.3. The Balaban J connectivity index is 1.84. The second-order valence-electron chi connectivity index (χ2n) is 4.39. The molecular weight excluding hydrogens is 214 g/mol. The van der Waals surface area contributed by atoms with Crippen molar-refractivity contribution in [2.45, 2.75) is 18.6 Å². The van der Waals surface area contributed by atoms with Gasteiger partial charge in [-0.1, -0.05) is 30.3 Å². The summed E-state index contributed by atoms with van der Waals surface area (Å²) < 4.78 is 0. The Kier molecular flexibility index (Phi) is 2.66. The largest absolute Gasteiger partial charge is 0.392 e. The number of aliphatic hydroxyl groups is 1. The van der Waals surface area contributed by atoms with E-state index in [2.05, 4.69) is 15.3 Å². The normalized spacial score (nSPS) is 24.1. The van der Waals surface area contributed by atoms with Crippen LogP contribution in [-0.4, -0.2) is 27.7 Å². The molecular formula is C13H15N3O. The van der Waals surface area contributed by atoms with Crippen LogP contribution in [0.1, 0.15) is 18.3 Å². The fourth-order valence-electron chi connectivity index (χ4n) is 2.20. The number of nitrogens with one attached hydrogen (secondary N) is 2. The summed E-state index contributed by atoms with van der Waals surface area (Å²) in [6.45, 7) is 0.645. The molecule has 1 fully saturated rings. The van der Waals surface area contributed by atoms with Gasteiger partial charge in [0, 0.05) is 18.3 Å². The summed E-state index contributed by atoms with van der Waals surface area (Å²) in [4.78, 5) is 7.75.